The molecule has 0 aliphatic carbocycles. The largest absolute Gasteiger partial charge is 0.179 e. The zero-order valence-electron chi connectivity index (χ0n) is 8.24. The van der Waals surface area contributed by atoms with Crippen LogP contribution in [-0.4, -0.2) is 5.75 Å². The SMILES string of the molecule is CC(CCS)CCc1ccccc1. The molecule has 0 fully saturated rings. The fourth-order valence-electron chi connectivity index (χ4n) is 1.42. The van der Waals surface area contributed by atoms with Crippen LogP contribution < -0.4 is 0 Å². The minimum absolute atomic E-state index is 0.803. The van der Waals surface area contributed by atoms with Crippen LogP contribution >= 0.6 is 12.6 Å². The molecule has 0 heterocycles. The van der Waals surface area contributed by atoms with Crippen molar-refractivity contribution in [1.82, 2.24) is 0 Å². The zero-order chi connectivity index (χ0) is 9.52. The number of hydrogen-bond donors (Lipinski definition) is 1. The van der Waals surface area contributed by atoms with E-state index in [-0.39, 0.29) is 0 Å². The van der Waals surface area contributed by atoms with Gasteiger partial charge in [0.2, 0.25) is 0 Å². The fraction of sp³-hybridized carbons (Fsp3) is 0.500. The van der Waals surface area contributed by atoms with Crippen molar-refractivity contribution in [2.75, 3.05) is 5.75 Å². The molecule has 0 bridgehead atoms. The molecule has 0 radical (unpaired) electrons. The van der Waals surface area contributed by atoms with E-state index in [1.54, 1.807) is 0 Å². The summed E-state index contributed by atoms with van der Waals surface area (Å²) in [5.41, 5.74) is 1.45. The number of aryl methyl sites for hydroxylation is 1. The summed E-state index contributed by atoms with van der Waals surface area (Å²) >= 11 is 4.24. The van der Waals surface area contributed by atoms with Gasteiger partial charge >= 0.3 is 0 Å². The van der Waals surface area contributed by atoms with Crippen LogP contribution in [0.25, 0.3) is 0 Å². The molecule has 13 heavy (non-hydrogen) atoms. The molecular formula is C12H18S. The van der Waals surface area contributed by atoms with E-state index in [0.717, 1.165) is 11.7 Å². The van der Waals surface area contributed by atoms with Crippen molar-refractivity contribution < 1.29 is 0 Å². The van der Waals surface area contributed by atoms with Crippen LogP contribution in [0.5, 0.6) is 0 Å². The van der Waals surface area contributed by atoms with E-state index < -0.39 is 0 Å². The van der Waals surface area contributed by atoms with E-state index in [2.05, 4.69) is 49.9 Å². The molecule has 0 aliphatic heterocycles. The molecule has 0 saturated heterocycles. The van der Waals surface area contributed by atoms with Gasteiger partial charge in [0.15, 0.2) is 0 Å². The zero-order valence-corrected chi connectivity index (χ0v) is 9.13. The van der Waals surface area contributed by atoms with Gasteiger partial charge in [0, 0.05) is 0 Å². The smallest absolute Gasteiger partial charge is 0.00954 e. The maximum absolute atomic E-state index is 4.24. The van der Waals surface area contributed by atoms with Gasteiger partial charge in [-0.05, 0) is 36.5 Å². The molecule has 0 N–H and O–H groups in total. The average Bonchev–Trinajstić information content (AvgIpc) is 2.17. The van der Waals surface area contributed by atoms with Gasteiger partial charge in [-0.2, -0.15) is 12.6 Å². The number of thiol groups is 1. The third-order valence-corrected chi connectivity index (χ3v) is 2.65. The molecule has 0 aromatic heterocycles. The Kier molecular flexibility index (Phi) is 4.99. The molecule has 72 valence electrons. The Balaban J connectivity index is 2.27. The molecule has 1 unspecified atom stereocenters. The second-order valence-electron chi connectivity index (χ2n) is 3.64. The quantitative estimate of drug-likeness (QED) is 0.681. The minimum atomic E-state index is 0.803. The lowest BCUT2D eigenvalue weighted by molar-refractivity contribution is 0.521. The first-order valence-electron chi connectivity index (χ1n) is 4.97. The molecule has 1 heteroatoms. The van der Waals surface area contributed by atoms with Crippen LogP contribution in [-0.2, 0) is 6.42 Å². The summed E-state index contributed by atoms with van der Waals surface area (Å²) in [6.07, 6.45) is 3.72. The summed E-state index contributed by atoms with van der Waals surface area (Å²) in [4.78, 5) is 0. The van der Waals surface area contributed by atoms with Crippen LogP contribution in [0.1, 0.15) is 25.3 Å². The van der Waals surface area contributed by atoms with Gasteiger partial charge in [-0.3, -0.25) is 0 Å². The summed E-state index contributed by atoms with van der Waals surface area (Å²) in [6.45, 7) is 2.30. The van der Waals surface area contributed by atoms with Gasteiger partial charge in [0.1, 0.15) is 0 Å². The standard InChI is InChI=1S/C12H18S/c1-11(9-10-13)7-8-12-5-3-2-4-6-12/h2-6,11,13H,7-10H2,1H3. The van der Waals surface area contributed by atoms with E-state index in [1.807, 2.05) is 0 Å². The Morgan fingerprint density at radius 1 is 1.15 bits per heavy atom. The molecule has 1 aromatic rings. The predicted molar refractivity (Wildman–Crippen MR) is 62.4 cm³/mol. The summed E-state index contributed by atoms with van der Waals surface area (Å²) in [7, 11) is 0. The Labute approximate surface area is 86.8 Å². The molecule has 1 rings (SSSR count). The van der Waals surface area contributed by atoms with Crippen molar-refractivity contribution in [3.63, 3.8) is 0 Å². The van der Waals surface area contributed by atoms with Crippen molar-refractivity contribution in [3.8, 4) is 0 Å². The van der Waals surface area contributed by atoms with Gasteiger partial charge in [-0.1, -0.05) is 37.3 Å². The predicted octanol–water partition coefficient (Wildman–Crippen LogP) is 3.58. The molecule has 0 spiro atoms. The summed E-state index contributed by atoms with van der Waals surface area (Å²) in [6, 6.07) is 10.7. The van der Waals surface area contributed by atoms with Crippen molar-refractivity contribution in [2.24, 2.45) is 5.92 Å². The lowest BCUT2D eigenvalue weighted by atomic mass is 9.99. The maximum atomic E-state index is 4.24. The lowest BCUT2D eigenvalue weighted by Crippen LogP contribution is -1.97. The Hall–Kier alpha value is -0.430. The minimum Gasteiger partial charge on any atom is -0.179 e. The van der Waals surface area contributed by atoms with Crippen LogP contribution in [0.15, 0.2) is 30.3 Å². The second-order valence-corrected chi connectivity index (χ2v) is 4.09. The van der Waals surface area contributed by atoms with Crippen molar-refractivity contribution in [3.05, 3.63) is 35.9 Å². The van der Waals surface area contributed by atoms with Gasteiger partial charge in [-0.25, -0.2) is 0 Å². The highest BCUT2D eigenvalue weighted by Gasteiger charge is 2.00. The summed E-state index contributed by atoms with van der Waals surface area (Å²) < 4.78 is 0. The van der Waals surface area contributed by atoms with Gasteiger partial charge in [0.05, 0.1) is 0 Å². The Morgan fingerprint density at radius 3 is 2.46 bits per heavy atom. The van der Waals surface area contributed by atoms with Crippen LogP contribution in [0.2, 0.25) is 0 Å². The van der Waals surface area contributed by atoms with Gasteiger partial charge in [0.25, 0.3) is 0 Å². The fourth-order valence-corrected chi connectivity index (χ4v) is 1.86. The molecule has 0 saturated carbocycles. The molecule has 1 aromatic carbocycles. The van der Waals surface area contributed by atoms with Crippen molar-refractivity contribution in [1.29, 1.82) is 0 Å². The van der Waals surface area contributed by atoms with Crippen LogP contribution in [0.4, 0.5) is 0 Å². The maximum Gasteiger partial charge on any atom is -0.00954 e. The normalized spacial score (nSPS) is 12.8. The first-order valence-corrected chi connectivity index (χ1v) is 5.61. The highest BCUT2D eigenvalue weighted by atomic mass is 32.1. The number of hydrogen-bond acceptors (Lipinski definition) is 1. The van der Waals surface area contributed by atoms with E-state index in [1.165, 1.54) is 24.8 Å². The monoisotopic (exact) mass is 194 g/mol. The van der Waals surface area contributed by atoms with E-state index >= 15 is 0 Å². The van der Waals surface area contributed by atoms with Crippen LogP contribution in [0, 0.1) is 5.92 Å². The van der Waals surface area contributed by atoms with Gasteiger partial charge in [-0.15, -0.1) is 0 Å². The average molecular weight is 194 g/mol. The molecular weight excluding hydrogens is 176 g/mol. The third-order valence-electron chi connectivity index (χ3n) is 2.39. The van der Waals surface area contributed by atoms with Crippen molar-refractivity contribution >= 4 is 12.6 Å². The van der Waals surface area contributed by atoms with Crippen LogP contribution in [0.3, 0.4) is 0 Å². The molecule has 0 amide bonds. The highest BCUT2D eigenvalue weighted by Crippen LogP contribution is 2.12. The summed E-state index contributed by atoms with van der Waals surface area (Å²) in [5, 5.41) is 0. The highest BCUT2D eigenvalue weighted by molar-refractivity contribution is 7.80. The molecule has 1 atom stereocenters. The van der Waals surface area contributed by atoms with Gasteiger partial charge < -0.3 is 0 Å². The molecule has 0 nitrogen and oxygen atoms in total. The van der Waals surface area contributed by atoms with E-state index in [9.17, 15) is 0 Å². The Bertz CT molecular complexity index is 218. The van der Waals surface area contributed by atoms with E-state index in [4.69, 9.17) is 0 Å². The summed E-state index contributed by atoms with van der Waals surface area (Å²) in [5.74, 6) is 1.81. The first kappa shape index (κ1) is 10.6. The topological polar surface area (TPSA) is 0 Å². The number of rotatable bonds is 5. The first-order chi connectivity index (χ1) is 6.33. The third kappa shape index (κ3) is 4.37. The molecule has 0 aliphatic rings. The Morgan fingerprint density at radius 2 is 1.85 bits per heavy atom. The van der Waals surface area contributed by atoms with Crippen molar-refractivity contribution in [2.45, 2.75) is 26.2 Å². The second kappa shape index (κ2) is 6.09. The number of benzene rings is 1. The van der Waals surface area contributed by atoms with E-state index in [0.29, 0.717) is 0 Å². The lowest BCUT2D eigenvalue weighted by Gasteiger charge is -2.08.